The number of rotatable bonds is 3. The second kappa shape index (κ2) is 6.87. The Morgan fingerprint density at radius 2 is 1.76 bits per heavy atom. The van der Waals surface area contributed by atoms with Gasteiger partial charge in [-0.1, -0.05) is 25.1 Å². The number of halogens is 3. The van der Waals surface area contributed by atoms with Crippen LogP contribution in [0.3, 0.4) is 0 Å². The van der Waals surface area contributed by atoms with Gasteiger partial charge in [-0.25, -0.2) is 0 Å². The van der Waals surface area contributed by atoms with E-state index in [1.807, 2.05) is 0 Å². The molecule has 0 saturated heterocycles. The molecule has 2 aromatic rings. The first-order valence-corrected chi connectivity index (χ1v) is 8.74. The van der Waals surface area contributed by atoms with E-state index in [1.54, 1.807) is 19.1 Å². The van der Waals surface area contributed by atoms with Crippen molar-refractivity contribution in [3.63, 3.8) is 0 Å². The topological polar surface area (TPSA) is 29.5 Å². The Bertz CT molecular complexity index is 744. The maximum atomic E-state index is 13.7. The highest BCUT2D eigenvalue weighted by atomic mass is 19.4. The van der Waals surface area contributed by atoms with Crippen LogP contribution in [0.5, 0.6) is 5.75 Å². The average molecular weight is 352 g/mol. The van der Waals surface area contributed by atoms with E-state index in [1.165, 1.54) is 18.2 Å². The van der Waals surface area contributed by atoms with Crippen LogP contribution in [0.15, 0.2) is 30.3 Å². The summed E-state index contributed by atoms with van der Waals surface area (Å²) in [6, 6.07) is 7.61. The van der Waals surface area contributed by atoms with E-state index in [9.17, 15) is 18.3 Å². The van der Waals surface area contributed by atoms with Crippen LogP contribution >= 0.6 is 0 Å². The molecule has 0 amide bonds. The van der Waals surface area contributed by atoms with Gasteiger partial charge >= 0.3 is 6.18 Å². The lowest BCUT2D eigenvalue weighted by molar-refractivity contribution is -0.138. The highest BCUT2D eigenvalue weighted by Crippen LogP contribution is 2.43. The molecule has 3 rings (SSSR count). The molecule has 2 aromatic carbocycles. The molecule has 0 aliphatic heterocycles. The van der Waals surface area contributed by atoms with Gasteiger partial charge in [0.15, 0.2) is 0 Å². The second-order valence-corrected chi connectivity index (χ2v) is 7.09. The van der Waals surface area contributed by atoms with Crippen molar-refractivity contribution in [2.75, 3.05) is 0 Å². The smallest absolute Gasteiger partial charge is 0.420 e. The molecule has 0 bridgehead atoms. The third-order valence-electron chi connectivity index (χ3n) is 5.03. The van der Waals surface area contributed by atoms with Crippen LogP contribution in [0, 0.1) is 5.92 Å². The molecule has 1 atom stereocenters. The summed E-state index contributed by atoms with van der Waals surface area (Å²) in [6.45, 7) is 3.75. The van der Waals surface area contributed by atoms with Crippen molar-refractivity contribution in [2.45, 2.75) is 57.9 Å². The molecule has 1 unspecified atom stereocenters. The number of hydrogen-bond acceptors (Lipinski definition) is 2. The van der Waals surface area contributed by atoms with Gasteiger partial charge in [-0.3, -0.25) is 0 Å². The van der Waals surface area contributed by atoms with Crippen molar-refractivity contribution in [1.82, 2.24) is 0 Å². The highest BCUT2D eigenvalue weighted by molar-refractivity contribution is 5.89. The van der Waals surface area contributed by atoms with E-state index in [-0.39, 0.29) is 17.2 Å². The van der Waals surface area contributed by atoms with E-state index in [0.717, 1.165) is 25.7 Å². The maximum Gasteiger partial charge on any atom is 0.420 e. The predicted octanol–water partition coefficient (Wildman–Crippen LogP) is 5.87. The molecule has 1 saturated carbocycles. The van der Waals surface area contributed by atoms with Gasteiger partial charge in [0.05, 0.1) is 12.2 Å². The summed E-state index contributed by atoms with van der Waals surface area (Å²) in [6.07, 6.45) is -1.84. The van der Waals surface area contributed by atoms with Gasteiger partial charge in [-0.15, -0.1) is 0 Å². The van der Waals surface area contributed by atoms with Crippen molar-refractivity contribution >= 4 is 10.8 Å². The van der Waals surface area contributed by atoms with Gasteiger partial charge in [0.2, 0.25) is 0 Å². The lowest BCUT2D eigenvalue weighted by Gasteiger charge is -2.28. The standard InChI is InChI=1S/C20H23F3O2/c1-12-3-7-16(8-4-12)25-18-10-6-15-11-14(13(2)24)5-9-17(15)19(18)20(21,22)23/h5-6,9-13,16,24H,3-4,7-8H2,1-2H3/t12-,13?,16+. The molecule has 136 valence electrons. The molecule has 0 spiro atoms. The zero-order valence-electron chi connectivity index (χ0n) is 14.4. The predicted molar refractivity (Wildman–Crippen MR) is 91.6 cm³/mol. The van der Waals surface area contributed by atoms with Crippen molar-refractivity contribution in [3.8, 4) is 5.75 Å². The molecular formula is C20H23F3O2. The van der Waals surface area contributed by atoms with E-state index >= 15 is 0 Å². The van der Waals surface area contributed by atoms with Gasteiger partial charge in [0.1, 0.15) is 11.3 Å². The molecular weight excluding hydrogens is 329 g/mol. The number of aliphatic hydroxyl groups is 1. The Labute approximate surface area is 145 Å². The molecule has 1 aliphatic rings. The maximum absolute atomic E-state index is 13.7. The van der Waals surface area contributed by atoms with Crippen molar-refractivity contribution in [2.24, 2.45) is 5.92 Å². The molecule has 0 radical (unpaired) electrons. The van der Waals surface area contributed by atoms with Crippen LogP contribution in [0.2, 0.25) is 0 Å². The van der Waals surface area contributed by atoms with Crippen molar-refractivity contribution in [1.29, 1.82) is 0 Å². The quantitative estimate of drug-likeness (QED) is 0.748. The molecule has 2 nitrogen and oxygen atoms in total. The summed E-state index contributed by atoms with van der Waals surface area (Å²) in [7, 11) is 0. The van der Waals surface area contributed by atoms with Crippen LogP contribution in [0.1, 0.15) is 56.8 Å². The second-order valence-electron chi connectivity index (χ2n) is 7.09. The van der Waals surface area contributed by atoms with Crippen LogP contribution in [-0.4, -0.2) is 11.2 Å². The summed E-state index contributed by atoms with van der Waals surface area (Å²) in [5, 5.41) is 10.2. The first-order chi connectivity index (χ1) is 11.8. The Hall–Kier alpha value is -1.75. The van der Waals surface area contributed by atoms with Gasteiger partial charge in [-0.2, -0.15) is 13.2 Å². The zero-order chi connectivity index (χ0) is 18.2. The first-order valence-electron chi connectivity index (χ1n) is 8.74. The average Bonchev–Trinajstić information content (AvgIpc) is 2.55. The summed E-state index contributed by atoms with van der Waals surface area (Å²) in [4.78, 5) is 0. The third-order valence-corrected chi connectivity index (χ3v) is 5.03. The first kappa shape index (κ1) is 18.1. The lowest BCUT2D eigenvalue weighted by Crippen LogP contribution is -2.24. The lowest BCUT2D eigenvalue weighted by atomic mass is 9.89. The summed E-state index contributed by atoms with van der Waals surface area (Å²) in [5.41, 5.74) is -0.128. The molecule has 25 heavy (non-hydrogen) atoms. The molecule has 1 aliphatic carbocycles. The molecule has 1 fully saturated rings. The fourth-order valence-corrected chi connectivity index (χ4v) is 3.51. The summed E-state index contributed by atoms with van der Waals surface area (Å²) in [5.74, 6) is 0.516. The van der Waals surface area contributed by atoms with E-state index in [4.69, 9.17) is 4.74 Å². The Kier molecular flexibility index (Phi) is 4.96. The van der Waals surface area contributed by atoms with E-state index < -0.39 is 17.8 Å². The molecule has 0 aromatic heterocycles. The number of ether oxygens (including phenoxy) is 1. The summed E-state index contributed by atoms with van der Waals surface area (Å²) >= 11 is 0. The molecule has 1 N–H and O–H groups in total. The normalized spacial score (nSPS) is 22.8. The fourth-order valence-electron chi connectivity index (χ4n) is 3.51. The molecule has 5 heteroatoms. The van der Waals surface area contributed by atoms with Crippen LogP contribution in [0.25, 0.3) is 10.8 Å². The minimum atomic E-state index is -4.50. The van der Waals surface area contributed by atoms with Gasteiger partial charge in [-0.05, 0) is 67.0 Å². The molecule has 0 heterocycles. The van der Waals surface area contributed by atoms with E-state index in [0.29, 0.717) is 16.9 Å². The number of hydrogen-bond donors (Lipinski definition) is 1. The minimum Gasteiger partial charge on any atom is -0.490 e. The van der Waals surface area contributed by atoms with Crippen molar-refractivity contribution < 1.29 is 23.0 Å². The number of alkyl halides is 3. The monoisotopic (exact) mass is 352 g/mol. The Balaban J connectivity index is 2.01. The van der Waals surface area contributed by atoms with Crippen LogP contribution < -0.4 is 4.74 Å². The highest BCUT2D eigenvalue weighted by Gasteiger charge is 2.37. The summed E-state index contributed by atoms with van der Waals surface area (Å²) < 4.78 is 47.0. The SMILES string of the molecule is CC(O)c1ccc2c(C(F)(F)F)c(O[C@H]3CC[C@@H](C)CC3)ccc2c1. The van der Waals surface area contributed by atoms with Crippen LogP contribution in [0.4, 0.5) is 13.2 Å². The van der Waals surface area contributed by atoms with Crippen molar-refractivity contribution in [3.05, 3.63) is 41.5 Å². The minimum absolute atomic E-state index is 0.0932. The number of fused-ring (bicyclic) bond motifs is 1. The van der Waals surface area contributed by atoms with Crippen LogP contribution in [-0.2, 0) is 6.18 Å². The Morgan fingerprint density at radius 1 is 1.08 bits per heavy atom. The largest absolute Gasteiger partial charge is 0.490 e. The fraction of sp³-hybridized carbons (Fsp3) is 0.500. The van der Waals surface area contributed by atoms with Gasteiger partial charge < -0.3 is 9.84 Å². The Morgan fingerprint density at radius 3 is 2.36 bits per heavy atom. The number of benzene rings is 2. The third kappa shape index (κ3) is 3.92. The number of aliphatic hydroxyl groups excluding tert-OH is 1. The van der Waals surface area contributed by atoms with E-state index in [2.05, 4.69) is 6.92 Å². The van der Waals surface area contributed by atoms with Gasteiger partial charge in [0.25, 0.3) is 0 Å². The zero-order valence-corrected chi connectivity index (χ0v) is 14.4. The van der Waals surface area contributed by atoms with Gasteiger partial charge in [0, 0.05) is 0 Å².